The molecule has 2 rings (SSSR count). The normalized spacial score (nSPS) is 18.3. The van der Waals surface area contributed by atoms with Crippen molar-refractivity contribution >= 4 is 0 Å². The van der Waals surface area contributed by atoms with Gasteiger partial charge in [0.1, 0.15) is 0 Å². The van der Waals surface area contributed by atoms with Crippen LogP contribution in [0.1, 0.15) is 36.9 Å². The molecular formula is C10H16N2O2. The Morgan fingerprint density at radius 1 is 1.43 bits per heavy atom. The Bertz CT molecular complexity index is 320. The summed E-state index contributed by atoms with van der Waals surface area (Å²) < 4.78 is 10.7. The molecule has 1 aliphatic rings. The highest BCUT2D eigenvalue weighted by molar-refractivity contribution is 5.26. The van der Waals surface area contributed by atoms with E-state index < -0.39 is 0 Å². The number of fused-ring (bicyclic) bond motifs is 1. The van der Waals surface area contributed by atoms with Crippen LogP contribution in [0.4, 0.5) is 0 Å². The van der Waals surface area contributed by atoms with E-state index in [2.05, 4.69) is 19.0 Å². The molecular weight excluding hydrogens is 180 g/mol. The molecule has 1 atom stereocenters. The molecule has 0 saturated carbocycles. The van der Waals surface area contributed by atoms with Gasteiger partial charge in [-0.1, -0.05) is 19.0 Å². The van der Waals surface area contributed by atoms with E-state index in [0.717, 1.165) is 30.0 Å². The average Bonchev–Trinajstić information content (AvgIpc) is 2.60. The lowest BCUT2D eigenvalue weighted by atomic mass is 9.98. The third kappa shape index (κ3) is 1.55. The Morgan fingerprint density at radius 2 is 2.21 bits per heavy atom. The summed E-state index contributed by atoms with van der Waals surface area (Å²) in [6.07, 6.45) is 0.837. The minimum absolute atomic E-state index is 0.0760. The summed E-state index contributed by atoms with van der Waals surface area (Å²) in [6.45, 7) is 5.47. The molecule has 4 nitrogen and oxygen atoms in total. The van der Waals surface area contributed by atoms with Gasteiger partial charge in [0, 0.05) is 12.0 Å². The van der Waals surface area contributed by atoms with E-state index in [1.807, 2.05) is 0 Å². The Morgan fingerprint density at radius 3 is 2.93 bits per heavy atom. The lowest BCUT2D eigenvalue weighted by Gasteiger charge is -2.16. The maximum Gasteiger partial charge on any atom is 0.159 e. The van der Waals surface area contributed by atoms with E-state index >= 15 is 0 Å². The lowest BCUT2D eigenvalue weighted by molar-refractivity contribution is 0.109. The van der Waals surface area contributed by atoms with Gasteiger partial charge >= 0.3 is 0 Å². The minimum atomic E-state index is -0.0760. The zero-order chi connectivity index (χ0) is 10.1. The first-order valence-corrected chi connectivity index (χ1v) is 5.00. The quantitative estimate of drug-likeness (QED) is 0.776. The van der Waals surface area contributed by atoms with Crippen LogP contribution >= 0.6 is 0 Å². The number of nitrogens with zero attached hydrogens (tertiary/aromatic N) is 1. The van der Waals surface area contributed by atoms with Gasteiger partial charge in [0.05, 0.1) is 24.9 Å². The molecule has 14 heavy (non-hydrogen) atoms. The molecule has 1 unspecified atom stereocenters. The molecule has 0 bridgehead atoms. The summed E-state index contributed by atoms with van der Waals surface area (Å²) in [6, 6.07) is -0.0760. The summed E-state index contributed by atoms with van der Waals surface area (Å²) in [5, 5.41) is 4.03. The van der Waals surface area contributed by atoms with Gasteiger partial charge in [0.2, 0.25) is 0 Å². The van der Waals surface area contributed by atoms with E-state index in [0.29, 0.717) is 12.5 Å². The topological polar surface area (TPSA) is 61.3 Å². The molecule has 0 aliphatic carbocycles. The Balaban J connectivity index is 2.30. The Kier molecular flexibility index (Phi) is 2.56. The third-order valence-corrected chi connectivity index (χ3v) is 2.65. The molecule has 0 amide bonds. The monoisotopic (exact) mass is 196 g/mol. The number of aromatic nitrogens is 1. The zero-order valence-corrected chi connectivity index (χ0v) is 8.62. The van der Waals surface area contributed by atoms with Gasteiger partial charge in [-0.25, -0.2) is 0 Å². The van der Waals surface area contributed by atoms with Crippen LogP contribution in [-0.2, 0) is 17.8 Å². The van der Waals surface area contributed by atoms with Gasteiger partial charge in [0.25, 0.3) is 0 Å². The average molecular weight is 196 g/mol. The van der Waals surface area contributed by atoms with Crippen LogP contribution in [0, 0.1) is 5.92 Å². The maximum absolute atomic E-state index is 6.02. The standard InChI is InChI=1S/C10H16N2O2/c1-6(2)9(11)10-7-5-13-4-3-8(7)12-14-10/h6,9H,3-5,11H2,1-2H3. The molecule has 1 aliphatic heterocycles. The summed E-state index contributed by atoms with van der Waals surface area (Å²) in [5.74, 6) is 1.16. The third-order valence-electron chi connectivity index (χ3n) is 2.65. The number of nitrogens with two attached hydrogens (primary N) is 1. The van der Waals surface area contributed by atoms with Crippen molar-refractivity contribution in [2.45, 2.75) is 32.9 Å². The second-order valence-corrected chi connectivity index (χ2v) is 4.04. The van der Waals surface area contributed by atoms with Crippen LogP contribution in [-0.4, -0.2) is 11.8 Å². The molecule has 0 saturated heterocycles. The molecule has 2 N–H and O–H groups in total. The van der Waals surface area contributed by atoms with Gasteiger partial charge < -0.3 is 15.0 Å². The van der Waals surface area contributed by atoms with Gasteiger partial charge in [-0.15, -0.1) is 0 Å². The molecule has 1 aromatic heterocycles. The molecule has 1 aromatic rings. The van der Waals surface area contributed by atoms with Crippen LogP contribution in [0.15, 0.2) is 4.52 Å². The highest BCUT2D eigenvalue weighted by Crippen LogP contribution is 2.27. The molecule has 2 heterocycles. The number of hydrogen-bond acceptors (Lipinski definition) is 4. The minimum Gasteiger partial charge on any atom is -0.376 e. The number of rotatable bonds is 2. The molecule has 4 heteroatoms. The van der Waals surface area contributed by atoms with Crippen molar-refractivity contribution in [3.8, 4) is 0 Å². The van der Waals surface area contributed by atoms with Crippen molar-refractivity contribution < 1.29 is 9.26 Å². The lowest BCUT2D eigenvalue weighted by Crippen LogP contribution is -2.19. The fourth-order valence-electron chi connectivity index (χ4n) is 1.62. The second kappa shape index (κ2) is 3.71. The predicted molar refractivity (Wildman–Crippen MR) is 51.6 cm³/mol. The van der Waals surface area contributed by atoms with Crippen LogP contribution in [0.3, 0.4) is 0 Å². The molecule has 0 spiro atoms. The summed E-state index contributed by atoms with van der Waals surface area (Å²) in [4.78, 5) is 0. The van der Waals surface area contributed by atoms with Gasteiger partial charge in [-0.3, -0.25) is 0 Å². The fraction of sp³-hybridized carbons (Fsp3) is 0.700. The summed E-state index contributed by atoms with van der Waals surface area (Å²) >= 11 is 0. The molecule has 0 fully saturated rings. The van der Waals surface area contributed by atoms with Crippen molar-refractivity contribution in [1.29, 1.82) is 0 Å². The molecule has 0 radical (unpaired) electrons. The van der Waals surface area contributed by atoms with Crippen LogP contribution in [0.5, 0.6) is 0 Å². The first-order chi connectivity index (χ1) is 6.70. The van der Waals surface area contributed by atoms with Crippen molar-refractivity contribution in [2.24, 2.45) is 11.7 Å². The van der Waals surface area contributed by atoms with Gasteiger partial charge in [0.15, 0.2) is 5.76 Å². The van der Waals surface area contributed by atoms with Crippen molar-refractivity contribution in [3.05, 3.63) is 17.0 Å². The summed E-state index contributed by atoms with van der Waals surface area (Å²) in [7, 11) is 0. The van der Waals surface area contributed by atoms with Crippen molar-refractivity contribution in [1.82, 2.24) is 5.16 Å². The first kappa shape index (κ1) is 9.68. The first-order valence-electron chi connectivity index (χ1n) is 5.00. The van der Waals surface area contributed by atoms with E-state index in [4.69, 9.17) is 15.0 Å². The number of ether oxygens (including phenoxy) is 1. The van der Waals surface area contributed by atoms with Crippen molar-refractivity contribution in [2.75, 3.05) is 6.61 Å². The van der Waals surface area contributed by atoms with Crippen molar-refractivity contribution in [3.63, 3.8) is 0 Å². The molecule has 78 valence electrons. The SMILES string of the molecule is CC(C)C(N)c1onc2c1COCC2. The van der Waals surface area contributed by atoms with E-state index in [1.165, 1.54) is 0 Å². The van der Waals surface area contributed by atoms with E-state index in [1.54, 1.807) is 0 Å². The van der Waals surface area contributed by atoms with Crippen LogP contribution in [0.25, 0.3) is 0 Å². The number of hydrogen-bond donors (Lipinski definition) is 1. The maximum atomic E-state index is 6.02. The second-order valence-electron chi connectivity index (χ2n) is 4.04. The molecule has 0 aromatic carbocycles. The van der Waals surface area contributed by atoms with Crippen LogP contribution in [0.2, 0.25) is 0 Å². The van der Waals surface area contributed by atoms with Gasteiger partial charge in [-0.05, 0) is 5.92 Å². The Hall–Kier alpha value is -0.870. The van der Waals surface area contributed by atoms with E-state index in [9.17, 15) is 0 Å². The predicted octanol–water partition coefficient (Wildman–Crippen LogP) is 1.40. The largest absolute Gasteiger partial charge is 0.376 e. The zero-order valence-electron chi connectivity index (χ0n) is 8.62. The fourth-order valence-corrected chi connectivity index (χ4v) is 1.62. The van der Waals surface area contributed by atoms with Crippen LogP contribution < -0.4 is 5.73 Å². The highest BCUT2D eigenvalue weighted by atomic mass is 16.5. The summed E-state index contributed by atoms with van der Waals surface area (Å²) in [5.41, 5.74) is 8.10. The smallest absolute Gasteiger partial charge is 0.159 e. The Labute approximate surface area is 83.4 Å². The van der Waals surface area contributed by atoms with E-state index in [-0.39, 0.29) is 6.04 Å². The highest BCUT2D eigenvalue weighted by Gasteiger charge is 2.25. The van der Waals surface area contributed by atoms with Gasteiger partial charge in [-0.2, -0.15) is 0 Å².